The fraction of sp³-hybridized carbons (Fsp3) is 0.462. The fourth-order valence-corrected chi connectivity index (χ4v) is 1.90. The van der Waals surface area contributed by atoms with Crippen LogP contribution in [0.2, 0.25) is 0 Å². The number of carboxylic acid groups (broad SMARTS) is 1. The lowest BCUT2D eigenvalue weighted by Crippen LogP contribution is -2.29. The van der Waals surface area contributed by atoms with E-state index in [-0.39, 0.29) is 6.04 Å². The molecule has 1 rings (SSSR count). The standard InChI is InChI=1S/C13H19NO4/c1-8(13(15)16)12(14-2)10-7-9(17-3)5-6-11(10)18-4/h5-8,12,14H,1-4H3,(H,15,16). The number of hydrogen-bond acceptors (Lipinski definition) is 4. The van der Waals surface area contributed by atoms with Crippen LogP contribution in [-0.4, -0.2) is 32.3 Å². The molecule has 0 aliphatic heterocycles. The van der Waals surface area contributed by atoms with E-state index < -0.39 is 11.9 Å². The number of ether oxygens (including phenoxy) is 2. The van der Waals surface area contributed by atoms with Gasteiger partial charge in [0.15, 0.2) is 0 Å². The highest BCUT2D eigenvalue weighted by Crippen LogP contribution is 2.33. The van der Waals surface area contributed by atoms with Crippen molar-refractivity contribution >= 4 is 5.97 Å². The van der Waals surface area contributed by atoms with Gasteiger partial charge >= 0.3 is 5.97 Å². The van der Waals surface area contributed by atoms with Gasteiger partial charge in [-0.15, -0.1) is 0 Å². The van der Waals surface area contributed by atoms with Gasteiger partial charge in [-0.25, -0.2) is 0 Å². The fourth-order valence-electron chi connectivity index (χ4n) is 1.90. The summed E-state index contributed by atoms with van der Waals surface area (Å²) in [6.07, 6.45) is 0. The number of benzene rings is 1. The smallest absolute Gasteiger partial charge is 0.308 e. The lowest BCUT2D eigenvalue weighted by Gasteiger charge is -2.23. The molecule has 0 aliphatic rings. The third kappa shape index (κ3) is 2.92. The van der Waals surface area contributed by atoms with Crippen molar-refractivity contribution in [2.45, 2.75) is 13.0 Å². The molecule has 18 heavy (non-hydrogen) atoms. The summed E-state index contributed by atoms with van der Waals surface area (Å²) in [5.74, 6) is -0.123. The van der Waals surface area contributed by atoms with Gasteiger partial charge in [0.2, 0.25) is 0 Å². The van der Waals surface area contributed by atoms with E-state index in [2.05, 4.69) is 5.32 Å². The molecule has 0 bridgehead atoms. The van der Waals surface area contributed by atoms with Crippen LogP contribution < -0.4 is 14.8 Å². The molecule has 0 amide bonds. The quantitative estimate of drug-likeness (QED) is 0.807. The minimum absolute atomic E-state index is 0.340. The van der Waals surface area contributed by atoms with Gasteiger partial charge in [-0.1, -0.05) is 6.92 Å². The van der Waals surface area contributed by atoms with E-state index in [1.165, 1.54) is 0 Å². The van der Waals surface area contributed by atoms with E-state index in [1.54, 1.807) is 46.4 Å². The average molecular weight is 253 g/mol. The average Bonchev–Trinajstić information content (AvgIpc) is 2.39. The van der Waals surface area contributed by atoms with Crippen molar-refractivity contribution < 1.29 is 19.4 Å². The van der Waals surface area contributed by atoms with Gasteiger partial charge in [0.1, 0.15) is 11.5 Å². The van der Waals surface area contributed by atoms with E-state index in [9.17, 15) is 4.79 Å². The minimum Gasteiger partial charge on any atom is -0.497 e. The first kappa shape index (κ1) is 14.3. The molecule has 100 valence electrons. The van der Waals surface area contributed by atoms with Crippen LogP contribution in [0.4, 0.5) is 0 Å². The molecule has 0 saturated heterocycles. The Kier molecular flexibility index (Phi) is 4.97. The molecule has 0 aromatic heterocycles. The van der Waals surface area contributed by atoms with E-state index in [1.807, 2.05) is 0 Å². The Morgan fingerprint density at radius 3 is 2.44 bits per heavy atom. The van der Waals surface area contributed by atoms with E-state index in [0.717, 1.165) is 5.56 Å². The molecule has 0 heterocycles. The third-order valence-electron chi connectivity index (χ3n) is 2.97. The van der Waals surface area contributed by atoms with Crippen LogP contribution in [0.5, 0.6) is 11.5 Å². The van der Waals surface area contributed by atoms with Gasteiger partial charge in [0.25, 0.3) is 0 Å². The van der Waals surface area contributed by atoms with Crippen molar-refractivity contribution in [2.24, 2.45) is 5.92 Å². The van der Waals surface area contributed by atoms with Crippen molar-refractivity contribution in [3.63, 3.8) is 0 Å². The van der Waals surface area contributed by atoms with Crippen molar-refractivity contribution in [2.75, 3.05) is 21.3 Å². The molecule has 0 radical (unpaired) electrons. The number of methoxy groups -OCH3 is 2. The summed E-state index contributed by atoms with van der Waals surface area (Å²) in [5.41, 5.74) is 0.772. The van der Waals surface area contributed by atoms with Crippen LogP contribution in [0.15, 0.2) is 18.2 Å². The van der Waals surface area contributed by atoms with Crippen LogP contribution in [0.25, 0.3) is 0 Å². The van der Waals surface area contributed by atoms with Gasteiger partial charge in [0.05, 0.1) is 20.1 Å². The predicted octanol–water partition coefficient (Wildman–Crippen LogP) is 1.69. The Bertz CT molecular complexity index is 419. The molecular weight excluding hydrogens is 234 g/mol. The number of hydrogen-bond donors (Lipinski definition) is 2. The lowest BCUT2D eigenvalue weighted by atomic mass is 9.93. The summed E-state index contributed by atoms with van der Waals surface area (Å²) >= 11 is 0. The Morgan fingerprint density at radius 2 is 2.00 bits per heavy atom. The topological polar surface area (TPSA) is 67.8 Å². The number of nitrogens with one attached hydrogen (secondary N) is 1. The second-order valence-corrected chi connectivity index (χ2v) is 4.00. The van der Waals surface area contributed by atoms with Gasteiger partial charge in [-0.05, 0) is 25.2 Å². The zero-order chi connectivity index (χ0) is 13.7. The highest BCUT2D eigenvalue weighted by atomic mass is 16.5. The molecule has 2 N–H and O–H groups in total. The van der Waals surface area contributed by atoms with E-state index >= 15 is 0 Å². The summed E-state index contributed by atoms with van der Waals surface area (Å²) in [6.45, 7) is 1.66. The van der Waals surface area contributed by atoms with Crippen LogP contribution >= 0.6 is 0 Å². The van der Waals surface area contributed by atoms with Crippen molar-refractivity contribution in [3.05, 3.63) is 23.8 Å². The maximum absolute atomic E-state index is 11.1. The van der Waals surface area contributed by atoms with Gasteiger partial charge in [0, 0.05) is 11.6 Å². The molecule has 0 aliphatic carbocycles. The molecule has 0 fully saturated rings. The second kappa shape index (κ2) is 6.26. The molecule has 2 unspecified atom stereocenters. The van der Waals surface area contributed by atoms with Crippen molar-refractivity contribution in [3.8, 4) is 11.5 Å². The van der Waals surface area contributed by atoms with E-state index in [4.69, 9.17) is 14.6 Å². The largest absolute Gasteiger partial charge is 0.497 e. The Morgan fingerprint density at radius 1 is 1.33 bits per heavy atom. The molecule has 1 aromatic carbocycles. The molecule has 0 spiro atoms. The van der Waals surface area contributed by atoms with Crippen molar-refractivity contribution in [1.82, 2.24) is 5.32 Å². The Balaban J connectivity index is 3.21. The predicted molar refractivity (Wildman–Crippen MR) is 68.1 cm³/mol. The van der Waals surface area contributed by atoms with Crippen molar-refractivity contribution in [1.29, 1.82) is 0 Å². The molecule has 5 heteroatoms. The third-order valence-corrected chi connectivity index (χ3v) is 2.97. The highest BCUT2D eigenvalue weighted by Gasteiger charge is 2.26. The summed E-state index contributed by atoms with van der Waals surface area (Å²) < 4.78 is 10.4. The summed E-state index contributed by atoms with van der Waals surface area (Å²) in [4.78, 5) is 11.1. The first-order chi connectivity index (χ1) is 8.54. The number of aliphatic carboxylic acids is 1. The first-order valence-corrected chi connectivity index (χ1v) is 5.67. The number of carboxylic acids is 1. The maximum atomic E-state index is 11.1. The van der Waals surface area contributed by atoms with Gasteiger partial charge < -0.3 is 19.9 Å². The van der Waals surface area contributed by atoms with Gasteiger partial charge in [-0.3, -0.25) is 4.79 Å². The molecule has 0 saturated carbocycles. The van der Waals surface area contributed by atoms with E-state index in [0.29, 0.717) is 11.5 Å². The lowest BCUT2D eigenvalue weighted by molar-refractivity contribution is -0.142. The zero-order valence-corrected chi connectivity index (χ0v) is 11.1. The first-order valence-electron chi connectivity index (χ1n) is 5.67. The number of rotatable bonds is 6. The summed E-state index contributed by atoms with van der Waals surface area (Å²) in [7, 11) is 4.85. The highest BCUT2D eigenvalue weighted by molar-refractivity contribution is 5.71. The molecular formula is C13H19NO4. The maximum Gasteiger partial charge on any atom is 0.308 e. The molecule has 1 aromatic rings. The zero-order valence-electron chi connectivity index (χ0n) is 11.1. The summed E-state index contributed by atoms with van der Waals surface area (Å²) in [6, 6.07) is 5.00. The van der Waals surface area contributed by atoms with Gasteiger partial charge in [-0.2, -0.15) is 0 Å². The Labute approximate surface area is 107 Å². The normalized spacial score (nSPS) is 13.8. The SMILES string of the molecule is CNC(c1cc(OC)ccc1OC)C(C)C(=O)O. The second-order valence-electron chi connectivity index (χ2n) is 4.00. The van der Waals surface area contributed by atoms with Crippen LogP contribution in [0.3, 0.4) is 0 Å². The Hall–Kier alpha value is -1.75. The summed E-state index contributed by atoms with van der Waals surface area (Å²) in [5, 5.41) is 12.1. The molecule has 5 nitrogen and oxygen atoms in total. The van der Waals surface area contributed by atoms with Crippen LogP contribution in [0, 0.1) is 5.92 Å². The minimum atomic E-state index is -0.862. The van der Waals surface area contributed by atoms with Crippen LogP contribution in [0.1, 0.15) is 18.5 Å². The monoisotopic (exact) mass is 253 g/mol. The number of carbonyl (C=O) groups is 1. The van der Waals surface area contributed by atoms with Crippen LogP contribution in [-0.2, 0) is 4.79 Å². The molecule has 2 atom stereocenters.